The first kappa shape index (κ1) is 15.4. The molecule has 0 saturated heterocycles. The highest BCUT2D eigenvalue weighted by Gasteiger charge is 2.18. The number of carbonyl (C=O) groups excluding carboxylic acids is 1. The summed E-state index contributed by atoms with van der Waals surface area (Å²) < 4.78 is 5.25. The van der Waals surface area contributed by atoms with Gasteiger partial charge < -0.3 is 15.2 Å². The number of ether oxygens (including phenoxy) is 1. The Kier molecular flexibility index (Phi) is 4.83. The van der Waals surface area contributed by atoms with Crippen LogP contribution in [0.2, 0.25) is 0 Å². The molecule has 2 aromatic rings. The van der Waals surface area contributed by atoms with Crippen LogP contribution in [0.4, 0.5) is 5.69 Å². The number of amides is 1. The molecule has 2 heterocycles. The number of nitrogens with one attached hydrogen (secondary N) is 1. The van der Waals surface area contributed by atoms with Gasteiger partial charge in [-0.1, -0.05) is 0 Å². The lowest BCUT2D eigenvalue weighted by Crippen LogP contribution is -2.18. The predicted octanol–water partition coefficient (Wildman–Crippen LogP) is 1.98. The van der Waals surface area contributed by atoms with E-state index in [2.05, 4.69) is 15.3 Å². The maximum Gasteiger partial charge on any atom is 0.257 e. The number of aliphatic hydroxyl groups excluding tert-OH is 1. The summed E-state index contributed by atoms with van der Waals surface area (Å²) in [7, 11) is 0. The van der Waals surface area contributed by atoms with Gasteiger partial charge in [0.2, 0.25) is 5.88 Å². The Hall–Kier alpha value is -2.47. The summed E-state index contributed by atoms with van der Waals surface area (Å²) in [5, 5.41) is 11.6. The van der Waals surface area contributed by atoms with E-state index in [1.54, 1.807) is 24.5 Å². The number of anilines is 1. The molecule has 0 radical (unpaired) electrons. The summed E-state index contributed by atoms with van der Waals surface area (Å²) in [6.07, 6.45) is 9.20. The van der Waals surface area contributed by atoms with Crippen molar-refractivity contribution in [3.8, 4) is 5.88 Å². The molecule has 23 heavy (non-hydrogen) atoms. The van der Waals surface area contributed by atoms with Crippen molar-refractivity contribution in [3.63, 3.8) is 0 Å². The molecule has 1 aliphatic rings. The monoisotopic (exact) mass is 313 g/mol. The van der Waals surface area contributed by atoms with Crippen molar-refractivity contribution in [3.05, 3.63) is 47.4 Å². The van der Waals surface area contributed by atoms with Gasteiger partial charge in [-0.25, -0.2) is 4.98 Å². The lowest BCUT2D eigenvalue weighted by atomic mass is 9.90. The van der Waals surface area contributed by atoms with Crippen molar-refractivity contribution >= 4 is 11.6 Å². The van der Waals surface area contributed by atoms with Crippen LogP contribution in [0.5, 0.6) is 5.88 Å². The molecule has 0 aliphatic heterocycles. The molecule has 2 aromatic heterocycles. The third-order valence-electron chi connectivity index (χ3n) is 3.85. The van der Waals surface area contributed by atoms with Crippen molar-refractivity contribution in [2.45, 2.75) is 25.7 Å². The zero-order chi connectivity index (χ0) is 16.1. The molecule has 1 amide bonds. The Bertz CT molecular complexity index is 703. The van der Waals surface area contributed by atoms with E-state index in [1.165, 1.54) is 5.56 Å². The molecule has 0 saturated carbocycles. The van der Waals surface area contributed by atoms with Crippen molar-refractivity contribution in [2.24, 2.45) is 0 Å². The van der Waals surface area contributed by atoms with Gasteiger partial charge in [0.1, 0.15) is 6.61 Å². The van der Waals surface area contributed by atoms with Crippen LogP contribution in [0.15, 0.2) is 30.7 Å². The Morgan fingerprint density at radius 3 is 3.04 bits per heavy atom. The second-order valence-corrected chi connectivity index (χ2v) is 5.44. The second-order valence-electron chi connectivity index (χ2n) is 5.44. The van der Waals surface area contributed by atoms with Crippen LogP contribution in [0, 0.1) is 0 Å². The number of aryl methyl sites for hydroxylation is 1. The topological polar surface area (TPSA) is 84.3 Å². The molecule has 3 rings (SSSR count). The van der Waals surface area contributed by atoms with E-state index in [0.717, 1.165) is 31.2 Å². The van der Waals surface area contributed by atoms with Gasteiger partial charge in [-0.3, -0.25) is 9.78 Å². The van der Waals surface area contributed by atoms with E-state index in [1.807, 2.05) is 6.20 Å². The normalized spacial score (nSPS) is 13.3. The molecule has 0 aromatic carbocycles. The summed E-state index contributed by atoms with van der Waals surface area (Å²) >= 11 is 0. The van der Waals surface area contributed by atoms with E-state index in [0.29, 0.717) is 17.1 Å². The van der Waals surface area contributed by atoms with Gasteiger partial charge in [0, 0.05) is 30.3 Å². The zero-order valence-electron chi connectivity index (χ0n) is 12.8. The number of pyridine rings is 2. The first-order chi connectivity index (χ1) is 11.3. The fraction of sp³-hybridized carbons (Fsp3) is 0.353. The van der Waals surface area contributed by atoms with E-state index in [4.69, 9.17) is 9.84 Å². The highest BCUT2D eigenvalue weighted by Crippen LogP contribution is 2.24. The van der Waals surface area contributed by atoms with Crippen LogP contribution >= 0.6 is 0 Å². The van der Waals surface area contributed by atoms with Gasteiger partial charge in [0.25, 0.3) is 5.91 Å². The lowest BCUT2D eigenvalue weighted by molar-refractivity contribution is 0.102. The van der Waals surface area contributed by atoms with Crippen molar-refractivity contribution in [1.82, 2.24) is 9.97 Å². The SMILES string of the molecule is O=C(Nc1ccnc(OCCO)c1)c1cncc2c1CCCC2. The van der Waals surface area contributed by atoms with Gasteiger partial charge in [0.05, 0.1) is 12.2 Å². The third kappa shape index (κ3) is 3.65. The summed E-state index contributed by atoms with van der Waals surface area (Å²) in [6.45, 7) is 0.0839. The number of aromatic nitrogens is 2. The quantitative estimate of drug-likeness (QED) is 0.882. The van der Waals surface area contributed by atoms with Crippen molar-refractivity contribution < 1.29 is 14.6 Å². The van der Waals surface area contributed by atoms with Gasteiger partial charge >= 0.3 is 0 Å². The van der Waals surface area contributed by atoms with Crippen LogP contribution in [0.1, 0.15) is 34.3 Å². The van der Waals surface area contributed by atoms with E-state index < -0.39 is 0 Å². The van der Waals surface area contributed by atoms with Crippen LogP contribution in [0.25, 0.3) is 0 Å². The van der Waals surface area contributed by atoms with Crippen molar-refractivity contribution in [2.75, 3.05) is 18.5 Å². The minimum Gasteiger partial charge on any atom is -0.475 e. The van der Waals surface area contributed by atoms with Gasteiger partial charge in [-0.05, 0) is 42.9 Å². The van der Waals surface area contributed by atoms with Gasteiger partial charge in [-0.15, -0.1) is 0 Å². The van der Waals surface area contributed by atoms with Crippen molar-refractivity contribution in [1.29, 1.82) is 0 Å². The number of hydrogen-bond donors (Lipinski definition) is 2. The summed E-state index contributed by atoms with van der Waals surface area (Å²) in [6, 6.07) is 3.34. The molecular formula is C17H19N3O3. The number of carbonyl (C=O) groups is 1. The van der Waals surface area contributed by atoms with E-state index in [9.17, 15) is 4.79 Å². The van der Waals surface area contributed by atoms with Crippen LogP contribution in [0.3, 0.4) is 0 Å². The Balaban J connectivity index is 1.77. The molecule has 0 bridgehead atoms. The zero-order valence-corrected chi connectivity index (χ0v) is 12.8. The highest BCUT2D eigenvalue weighted by molar-refractivity contribution is 6.05. The molecule has 1 aliphatic carbocycles. The summed E-state index contributed by atoms with van der Waals surface area (Å²) in [5.74, 6) is 0.195. The Morgan fingerprint density at radius 1 is 1.30 bits per heavy atom. The summed E-state index contributed by atoms with van der Waals surface area (Å²) in [5.41, 5.74) is 3.52. The number of hydrogen-bond acceptors (Lipinski definition) is 5. The molecule has 6 nitrogen and oxygen atoms in total. The molecule has 6 heteroatoms. The lowest BCUT2D eigenvalue weighted by Gasteiger charge is -2.18. The average molecular weight is 313 g/mol. The maximum atomic E-state index is 12.6. The first-order valence-corrected chi connectivity index (χ1v) is 7.75. The number of aliphatic hydroxyl groups is 1. The molecule has 0 unspecified atom stereocenters. The number of nitrogens with zero attached hydrogens (tertiary/aromatic N) is 2. The van der Waals surface area contributed by atoms with Gasteiger partial charge in [0.15, 0.2) is 0 Å². The maximum absolute atomic E-state index is 12.6. The summed E-state index contributed by atoms with van der Waals surface area (Å²) in [4.78, 5) is 20.8. The molecule has 0 spiro atoms. The second kappa shape index (κ2) is 7.19. The molecule has 2 N–H and O–H groups in total. The third-order valence-corrected chi connectivity index (χ3v) is 3.85. The fourth-order valence-corrected chi connectivity index (χ4v) is 2.77. The van der Waals surface area contributed by atoms with E-state index in [-0.39, 0.29) is 19.1 Å². The molecule has 0 atom stereocenters. The Morgan fingerprint density at radius 2 is 2.17 bits per heavy atom. The Labute approximate surface area is 134 Å². The van der Waals surface area contributed by atoms with Crippen LogP contribution < -0.4 is 10.1 Å². The number of fused-ring (bicyclic) bond motifs is 1. The predicted molar refractivity (Wildman–Crippen MR) is 85.7 cm³/mol. The highest BCUT2D eigenvalue weighted by atomic mass is 16.5. The molecular weight excluding hydrogens is 294 g/mol. The van der Waals surface area contributed by atoms with E-state index >= 15 is 0 Å². The van der Waals surface area contributed by atoms with Gasteiger partial charge in [-0.2, -0.15) is 0 Å². The molecule has 0 fully saturated rings. The standard InChI is InChI=1S/C17H19N3O3/c21-7-8-23-16-9-13(5-6-19-16)20-17(22)15-11-18-10-12-3-1-2-4-14(12)15/h5-6,9-11,21H,1-4,7-8H2,(H,19,20,22). The first-order valence-electron chi connectivity index (χ1n) is 7.75. The van der Waals surface area contributed by atoms with Crippen LogP contribution in [-0.2, 0) is 12.8 Å². The number of rotatable bonds is 5. The largest absolute Gasteiger partial charge is 0.475 e. The van der Waals surface area contributed by atoms with Crippen LogP contribution in [-0.4, -0.2) is 34.2 Å². The molecule has 120 valence electrons. The minimum atomic E-state index is -0.171. The fourth-order valence-electron chi connectivity index (χ4n) is 2.77. The minimum absolute atomic E-state index is 0.0832. The smallest absolute Gasteiger partial charge is 0.257 e. The average Bonchev–Trinajstić information content (AvgIpc) is 2.59.